The van der Waals surface area contributed by atoms with Crippen LogP contribution in [0.2, 0.25) is 10.0 Å². The van der Waals surface area contributed by atoms with Gasteiger partial charge in [0.1, 0.15) is 5.82 Å². The third-order valence-electron chi connectivity index (χ3n) is 3.90. The zero-order valence-corrected chi connectivity index (χ0v) is 13.3. The average Bonchev–Trinajstić information content (AvgIpc) is 2.47. The van der Waals surface area contributed by atoms with Crippen molar-refractivity contribution < 1.29 is 4.39 Å². The lowest BCUT2D eigenvalue weighted by atomic mass is 9.96. The van der Waals surface area contributed by atoms with Gasteiger partial charge >= 0.3 is 0 Å². The minimum Gasteiger partial charge on any atom is -0.317 e. The van der Waals surface area contributed by atoms with Gasteiger partial charge in [0.2, 0.25) is 0 Å². The summed E-state index contributed by atoms with van der Waals surface area (Å²) in [6.07, 6.45) is 2.39. The molecule has 5 heteroatoms. The molecule has 0 unspecified atom stereocenters. The summed E-state index contributed by atoms with van der Waals surface area (Å²) in [5, 5.41) is 3.79. The van der Waals surface area contributed by atoms with E-state index in [9.17, 15) is 4.39 Å². The van der Waals surface area contributed by atoms with E-state index < -0.39 is 5.82 Å². The molecule has 0 bridgehead atoms. The van der Waals surface area contributed by atoms with E-state index in [1.54, 1.807) is 6.07 Å². The van der Waals surface area contributed by atoms with E-state index in [0.29, 0.717) is 5.02 Å². The quantitative estimate of drug-likeness (QED) is 0.827. The van der Waals surface area contributed by atoms with Crippen LogP contribution in [-0.4, -0.2) is 31.1 Å². The first-order chi connectivity index (χ1) is 9.61. The number of nitrogens with one attached hydrogen (secondary N) is 1. The molecule has 1 aromatic carbocycles. The van der Waals surface area contributed by atoms with Crippen molar-refractivity contribution in [2.75, 3.05) is 26.2 Å². The number of likely N-dealkylation sites (tertiary alicyclic amines) is 1. The van der Waals surface area contributed by atoms with Gasteiger partial charge in [0, 0.05) is 6.54 Å². The molecule has 0 aromatic heterocycles. The monoisotopic (exact) mass is 318 g/mol. The van der Waals surface area contributed by atoms with Crippen LogP contribution in [0.1, 0.15) is 25.3 Å². The van der Waals surface area contributed by atoms with Crippen molar-refractivity contribution in [3.05, 3.63) is 33.6 Å². The Kier molecular flexibility index (Phi) is 6.09. The molecule has 0 amide bonds. The van der Waals surface area contributed by atoms with Gasteiger partial charge in [-0.3, -0.25) is 4.90 Å². The van der Waals surface area contributed by atoms with Crippen LogP contribution in [0.25, 0.3) is 0 Å². The van der Waals surface area contributed by atoms with E-state index in [0.717, 1.165) is 44.2 Å². The molecular formula is C15H21Cl2FN2. The molecule has 1 heterocycles. The fourth-order valence-electron chi connectivity index (χ4n) is 2.63. The van der Waals surface area contributed by atoms with Crippen LogP contribution < -0.4 is 5.32 Å². The number of piperidine rings is 1. The molecule has 112 valence electrons. The summed E-state index contributed by atoms with van der Waals surface area (Å²) < 4.78 is 13.3. The molecule has 0 saturated carbocycles. The maximum absolute atomic E-state index is 13.3. The van der Waals surface area contributed by atoms with Crippen molar-refractivity contribution in [1.82, 2.24) is 10.2 Å². The Bertz CT molecular complexity index is 446. The van der Waals surface area contributed by atoms with Crippen LogP contribution >= 0.6 is 23.2 Å². The second-order valence-corrected chi connectivity index (χ2v) is 6.12. The minimum absolute atomic E-state index is 0.0335. The molecule has 0 spiro atoms. The van der Waals surface area contributed by atoms with Crippen molar-refractivity contribution in [1.29, 1.82) is 0 Å². The Morgan fingerprint density at radius 1 is 1.25 bits per heavy atom. The van der Waals surface area contributed by atoms with Crippen molar-refractivity contribution in [3.8, 4) is 0 Å². The summed E-state index contributed by atoms with van der Waals surface area (Å²) in [6, 6.07) is 3.12. The number of rotatable bonds is 5. The van der Waals surface area contributed by atoms with E-state index >= 15 is 0 Å². The zero-order valence-electron chi connectivity index (χ0n) is 11.8. The Balaban J connectivity index is 1.88. The van der Waals surface area contributed by atoms with E-state index in [1.807, 2.05) is 0 Å². The summed E-state index contributed by atoms with van der Waals surface area (Å²) in [4.78, 5) is 2.36. The maximum Gasteiger partial charge on any atom is 0.143 e. The lowest BCUT2D eigenvalue weighted by Crippen LogP contribution is -2.36. The van der Waals surface area contributed by atoms with Crippen molar-refractivity contribution in [2.24, 2.45) is 5.92 Å². The van der Waals surface area contributed by atoms with E-state index in [1.165, 1.54) is 18.9 Å². The fraction of sp³-hybridized carbons (Fsp3) is 0.600. The number of hydrogen-bond acceptors (Lipinski definition) is 2. The number of benzene rings is 1. The smallest absolute Gasteiger partial charge is 0.143 e. The van der Waals surface area contributed by atoms with Crippen molar-refractivity contribution in [2.45, 2.75) is 26.3 Å². The molecule has 0 atom stereocenters. The molecule has 1 N–H and O–H groups in total. The SMILES string of the molecule is CCNCC1CCN(Cc2ccc(F)c(Cl)c2Cl)CC1. The van der Waals surface area contributed by atoms with Crippen LogP contribution in [0.5, 0.6) is 0 Å². The first-order valence-electron chi connectivity index (χ1n) is 7.17. The number of halogens is 3. The molecule has 0 radical (unpaired) electrons. The molecular weight excluding hydrogens is 298 g/mol. The molecule has 2 nitrogen and oxygen atoms in total. The van der Waals surface area contributed by atoms with Gasteiger partial charge in [0.05, 0.1) is 10.0 Å². The second-order valence-electron chi connectivity index (χ2n) is 5.36. The predicted molar refractivity (Wildman–Crippen MR) is 83.0 cm³/mol. The molecule has 1 aromatic rings. The lowest BCUT2D eigenvalue weighted by Gasteiger charge is -2.32. The van der Waals surface area contributed by atoms with Crippen LogP contribution in [0, 0.1) is 11.7 Å². The predicted octanol–water partition coefficient (Wildman–Crippen LogP) is 3.95. The Hall–Kier alpha value is -0.350. The van der Waals surface area contributed by atoms with Gasteiger partial charge in [0.15, 0.2) is 0 Å². The first kappa shape index (κ1) is 16.0. The normalized spacial score (nSPS) is 17.6. The standard InChI is InChI=1S/C15H21Cl2FN2/c1-2-19-9-11-5-7-20(8-6-11)10-12-3-4-13(18)15(17)14(12)16/h3-4,11,19H,2,5-10H2,1H3. The van der Waals surface area contributed by atoms with Crippen molar-refractivity contribution >= 4 is 23.2 Å². The maximum atomic E-state index is 13.3. The van der Waals surface area contributed by atoms with Gasteiger partial charge in [-0.25, -0.2) is 4.39 Å². The second kappa shape index (κ2) is 7.60. The van der Waals surface area contributed by atoms with Gasteiger partial charge < -0.3 is 5.32 Å². The van der Waals surface area contributed by atoms with Crippen molar-refractivity contribution in [3.63, 3.8) is 0 Å². The zero-order chi connectivity index (χ0) is 14.5. The Morgan fingerprint density at radius 2 is 1.95 bits per heavy atom. The van der Waals surface area contributed by atoms with Crippen LogP contribution in [0.3, 0.4) is 0 Å². The lowest BCUT2D eigenvalue weighted by molar-refractivity contribution is 0.176. The summed E-state index contributed by atoms with van der Waals surface area (Å²) in [6.45, 7) is 7.13. The highest BCUT2D eigenvalue weighted by atomic mass is 35.5. The van der Waals surface area contributed by atoms with Gasteiger partial charge in [0.25, 0.3) is 0 Å². The highest BCUT2D eigenvalue weighted by Gasteiger charge is 2.20. The molecule has 1 aliphatic rings. The fourth-order valence-corrected chi connectivity index (χ4v) is 3.02. The largest absolute Gasteiger partial charge is 0.317 e. The average molecular weight is 319 g/mol. The van der Waals surface area contributed by atoms with Gasteiger partial charge in [-0.15, -0.1) is 0 Å². The van der Waals surface area contributed by atoms with Gasteiger partial charge in [-0.2, -0.15) is 0 Å². The van der Waals surface area contributed by atoms with Crippen LogP contribution in [0.4, 0.5) is 4.39 Å². The molecule has 1 saturated heterocycles. The third-order valence-corrected chi connectivity index (χ3v) is 4.80. The molecule has 1 fully saturated rings. The van der Waals surface area contributed by atoms with E-state index in [2.05, 4.69) is 17.1 Å². The highest BCUT2D eigenvalue weighted by Crippen LogP contribution is 2.30. The molecule has 1 aliphatic heterocycles. The Labute approximate surface area is 130 Å². The van der Waals surface area contributed by atoms with Gasteiger partial charge in [-0.1, -0.05) is 36.2 Å². The minimum atomic E-state index is -0.454. The highest BCUT2D eigenvalue weighted by molar-refractivity contribution is 6.42. The summed E-state index contributed by atoms with van der Waals surface area (Å²) >= 11 is 12.0. The van der Waals surface area contributed by atoms with E-state index in [-0.39, 0.29) is 5.02 Å². The van der Waals surface area contributed by atoms with Crippen LogP contribution in [-0.2, 0) is 6.54 Å². The summed E-state index contributed by atoms with van der Waals surface area (Å²) in [5.74, 6) is 0.309. The number of nitrogens with zero attached hydrogens (tertiary/aromatic N) is 1. The third kappa shape index (κ3) is 4.08. The topological polar surface area (TPSA) is 15.3 Å². The molecule has 2 rings (SSSR count). The summed E-state index contributed by atoms with van der Waals surface area (Å²) in [5.41, 5.74) is 0.906. The van der Waals surface area contributed by atoms with Gasteiger partial charge in [-0.05, 0) is 56.6 Å². The Morgan fingerprint density at radius 3 is 2.60 bits per heavy atom. The molecule has 0 aliphatic carbocycles. The number of hydrogen-bond donors (Lipinski definition) is 1. The first-order valence-corrected chi connectivity index (χ1v) is 7.92. The van der Waals surface area contributed by atoms with E-state index in [4.69, 9.17) is 23.2 Å². The van der Waals surface area contributed by atoms with Crippen LogP contribution in [0.15, 0.2) is 12.1 Å². The molecule has 20 heavy (non-hydrogen) atoms. The summed E-state index contributed by atoms with van der Waals surface area (Å²) in [7, 11) is 0.